The maximum Gasteiger partial charge on any atom is 0.216 e. The lowest BCUT2D eigenvalue weighted by Gasteiger charge is -2.12. The predicted molar refractivity (Wildman–Crippen MR) is 111 cm³/mol. The molecule has 1 amide bonds. The zero-order valence-corrected chi connectivity index (χ0v) is 17.5. The number of rotatable bonds is 12. The SMILES string of the molecule is CCOCCCNC(=NCCCNC(C)=O)NCCc1ccco1.I. The number of nitrogens with zero attached hydrogens (tertiary/aromatic N) is 1. The van der Waals surface area contributed by atoms with Gasteiger partial charge in [-0.05, 0) is 31.9 Å². The maximum atomic E-state index is 10.8. The molecule has 1 aromatic heterocycles. The average Bonchev–Trinajstić information content (AvgIpc) is 3.06. The second-order valence-corrected chi connectivity index (χ2v) is 5.30. The van der Waals surface area contributed by atoms with Gasteiger partial charge in [-0.15, -0.1) is 24.0 Å². The van der Waals surface area contributed by atoms with Gasteiger partial charge >= 0.3 is 0 Å². The highest BCUT2D eigenvalue weighted by Crippen LogP contribution is 1.99. The molecule has 0 aliphatic carbocycles. The minimum Gasteiger partial charge on any atom is -0.469 e. The zero-order valence-electron chi connectivity index (χ0n) is 15.2. The van der Waals surface area contributed by atoms with Gasteiger partial charge in [0, 0.05) is 52.7 Å². The topological polar surface area (TPSA) is 87.9 Å². The number of amides is 1. The Morgan fingerprint density at radius 3 is 2.64 bits per heavy atom. The van der Waals surface area contributed by atoms with Gasteiger partial charge in [-0.1, -0.05) is 0 Å². The Morgan fingerprint density at radius 2 is 1.96 bits per heavy atom. The van der Waals surface area contributed by atoms with Crippen molar-refractivity contribution in [2.75, 3.05) is 39.4 Å². The molecule has 1 heterocycles. The van der Waals surface area contributed by atoms with Gasteiger partial charge in [-0.25, -0.2) is 0 Å². The van der Waals surface area contributed by atoms with Gasteiger partial charge in [0.25, 0.3) is 0 Å². The number of halogens is 1. The van der Waals surface area contributed by atoms with E-state index in [0.717, 1.165) is 57.3 Å². The first-order valence-corrected chi connectivity index (χ1v) is 8.59. The molecule has 0 radical (unpaired) electrons. The van der Waals surface area contributed by atoms with Crippen LogP contribution in [0.25, 0.3) is 0 Å². The molecule has 144 valence electrons. The molecule has 0 aliphatic heterocycles. The minimum absolute atomic E-state index is 0. The van der Waals surface area contributed by atoms with Crippen LogP contribution in [-0.2, 0) is 16.0 Å². The van der Waals surface area contributed by atoms with Gasteiger partial charge in [0.1, 0.15) is 5.76 Å². The van der Waals surface area contributed by atoms with E-state index in [0.29, 0.717) is 13.1 Å². The summed E-state index contributed by atoms with van der Waals surface area (Å²) in [6.45, 7) is 7.84. The molecule has 1 aromatic rings. The summed E-state index contributed by atoms with van der Waals surface area (Å²) in [6, 6.07) is 3.85. The monoisotopic (exact) mass is 466 g/mol. The van der Waals surface area contributed by atoms with E-state index in [1.807, 2.05) is 19.1 Å². The summed E-state index contributed by atoms with van der Waals surface area (Å²) in [5.41, 5.74) is 0. The number of ether oxygens (including phenoxy) is 1. The summed E-state index contributed by atoms with van der Waals surface area (Å²) in [5, 5.41) is 9.37. The predicted octanol–water partition coefficient (Wildman–Crippen LogP) is 1.93. The smallest absolute Gasteiger partial charge is 0.216 e. The number of furan rings is 1. The molecule has 0 aliphatic rings. The Labute approximate surface area is 167 Å². The fourth-order valence-electron chi connectivity index (χ4n) is 1.99. The molecule has 0 spiro atoms. The number of aliphatic imine (C=N–C) groups is 1. The quantitative estimate of drug-likeness (QED) is 0.190. The lowest BCUT2D eigenvalue weighted by atomic mass is 10.3. The largest absolute Gasteiger partial charge is 0.469 e. The van der Waals surface area contributed by atoms with Crippen LogP contribution in [0.2, 0.25) is 0 Å². The van der Waals surface area contributed by atoms with E-state index >= 15 is 0 Å². The number of nitrogens with one attached hydrogen (secondary N) is 3. The Kier molecular flexibility index (Phi) is 15.4. The van der Waals surface area contributed by atoms with Crippen molar-refractivity contribution in [3.05, 3.63) is 24.2 Å². The van der Waals surface area contributed by atoms with E-state index in [4.69, 9.17) is 9.15 Å². The van der Waals surface area contributed by atoms with Crippen molar-refractivity contribution in [3.63, 3.8) is 0 Å². The van der Waals surface area contributed by atoms with Crippen LogP contribution < -0.4 is 16.0 Å². The molecular weight excluding hydrogens is 435 g/mol. The second-order valence-electron chi connectivity index (χ2n) is 5.30. The summed E-state index contributed by atoms with van der Waals surface area (Å²) in [7, 11) is 0. The van der Waals surface area contributed by atoms with Gasteiger partial charge in [0.05, 0.1) is 6.26 Å². The van der Waals surface area contributed by atoms with Crippen molar-refractivity contribution < 1.29 is 13.9 Å². The van der Waals surface area contributed by atoms with Crippen molar-refractivity contribution in [1.82, 2.24) is 16.0 Å². The first-order chi connectivity index (χ1) is 11.7. The highest BCUT2D eigenvalue weighted by molar-refractivity contribution is 14.0. The molecule has 7 nitrogen and oxygen atoms in total. The highest BCUT2D eigenvalue weighted by Gasteiger charge is 2.00. The molecule has 0 aromatic carbocycles. The third-order valence-electron chi connectivity index (χ3n) is 3.18. The fraction of sp³-hybridized carbons (Fsp3) is 0.647. The highest BCUT2D eigenvalue weighted by atomic mass is 127. The first kappa shape index (κ1) is 23.7. The van der Waals surface area contributed by atoms with E-state index in [2.05, 4.69) is 20.9 Å². The average molecular weight is 466 g/mol. The molecular formula is C17H31IN4O3. The lowest BCUT2D eigenvalue weighted by molar-refractivity contribution is -0.118. The van der Waals surface area contributed by atoms with Crippen LogP contribution in [0.5, 0.6) is 0 Å². The van der Waals surface area contributed by atoms with Crippen LogP contribution in [0.3, 0.4) is 0 Å². The number of hydrogen-bond donors (Lipinski definition) is 3. The van der Waals surface area contributed by atoms with Gasteiger partial charge in [0.2, 0.25) is 5.91 Å². The molecule has 1 rings (SSSR count). The molecule has 0 unspecified atom stereocenters. The van der Waals surface area contributed by atoms with E-state index in [9.17, 15) is 4.79 Å². The Balaban J connectivity index is 0.00000576. The Bertz CT molecular complexity index is 466. The Hall–Kier alpha value is -1.29. The second kappa shape index (κ2) is 16.2. The molecule has 0 atom stereocenters. The van der Waals surface area contributed by atoms with E-state index in [-0.39, 0.29) is 29.9 Å². The van der Waals surface area contributed by atoms with Crippen LogP contribution in [0.1, 0.15) is 32.4 Å². The summed E-state index contributed by atoms with van der Waals surface area (Å²) in [6.07, 6.45) is 4.22. The molecule has 25 heavy (non-hydrogen) atoms. The summed E-state index contributed by atoms with van der Waals surface area (Å²) < 4.78 is 10.6. The number of guanidine groups is 1. The van der Waals surface area contributed by atoms with Crippen molar-refractivity contribution in [3.8, 4) is 0 Å². The summed E-state index contributed by atoms with van der Waals surface area (Å²) >= 11 is 0. The van der Waals surface area contributed by atoms with Crippen LogP contribution in [0.4, 0.5) is 0 Å². The molecule has 0 bridgehead atoms. The zero-order chi connectivity index (χ0) is 17.5. The van der Waals surface area contributed by atoms with Crippen molar-refractivity contribution in [2.24, 2.45) is 4.99 Å². The third kappa shape index (κ3) is 13.7. The Morgan fingerprint density at radius 1 is 1.20 bits per heavy atom. The van der Waals surface area contributed by atoms with E-state index < -0.39 is 0 Å². The third-order valence-corrected chi connectivity index (χ3v) is 3.18. The van der Waals surface area contributed by atoms with E-state index in [1.54, 1.807) is 6.26 Å². The summed E-state index contributed by atoms with van der Waals surface area (Å²) in [5.74, 6) is 1.72. The van der Waals surface area contributed by atoms with Gasteiger partial charge in [0.15, 0.2) is 5.96 Å². The fourth-order valence-corrected chi connectivity index (χ4v) is 1.99. The van der Waals surface area contributed by atoms with Gasteiger partial charge < -0.3 is 25.1 Å². The van der Waals surface area contributed by atoms with Crippen molar-refractivity contribution in [2.45, 2.75) is 33.1 Å². The molecule has 0 saturated carbocycles. The van der Waals surface area contributed by atoms with Crippen molar-refractivity contribution >= 4 is 35.8 Å². The minimum atomic E-state index is -0.00942. The molecule has 0 fully saturated rings. The van der Waals surface area contributed by atoms with Crippen LogP contribution in [0.15, 0.2) is 27.8 Å². The standard InChI is InChI=1S/C17H30N4O3.HI/c1-3-23-13-6-11-20-17(19-10-5-9-18-15(2)22)21-12-8-16-7-4-14-24-16;/h4,7,14H,3,5-6,8-13H2,1-2H3,(H,18,22)(H2,19,20,21);1H. The number of carbonyl (C=O) groups excluding carboxylic acids is 1. The molecule has 8 heteroatoms. The maximum absolute atomic E-state index is 10.8. The van der Waals surface area contributed by atoms with Gasteiger partial charge in [-0.2, -0.15) is 0 Å². The lowest BCUT2D eigenvalue weighted by Crippen LogP contribution is -2.39. The normalized spacial score (nSPS) is 10.9. The van der Waals surface area contributed by atoms with Crippen LogP contribution in [-0.4, -0.2) is 51.3 Å². The van der Waals surface area contributed by atoms with E-state index in [1.165, 1.54) is 6.92 Å². The summed E-state index contributed by atoms with van der Waals surface area (Å²) in [4.78, 5) is 15.4. The van der Waals surface area contributed by atoms with Crippen LogP contribution >= 0.6 is 24.0 Å². The van der Waals surface area contributed by atoms with Crippen LogP contribution in [0, 0.1) is 0 Å². The first-order valence-electron chi connectivity index (χ1n) is 8.59. The van der Waals surface area contributed by atoms with Crippen molar-refractivity contribution in [1.29, 1.82) is 0 Å². The van der Waals surface area contributed by atoms with Gasteiger partial charge in [-0.3, -0.25) is 9.79 Å². The number of carbonyl (C=O) groups is 1. The number of hydrogen-bond acceptors (Lipinski definition) is 4. The molecule has 3 N–H and O–H groups in total. The molecule has 0 saturated heterocycles.